The van der Waals surface area contributed by atoms with Crippen molar-refractivity contribution in [3.63, 3.8) is 0 Å². The topological polar surface area (TPSA) is 20.3 Å². The highest BCUT2D eigenvalue weighted by atomic mass is 32.2. The van der Waals surface area contributed by atoms with Gasteiger partial charge in [-0.25, -0.2) is 0 Å². The van der Waals surface area contributed by atoms with Crippen LogP contribution in [0.1, 0.15) is 16.8 Å². The lowest BCUT2D eigenvalue weighted by Crippen LogP contribution is -2.28. The van der Waals surface area contributed by atoms with Crippen molar-refractivity contribution >= 4 is 17.7 Å². The summed E-state index contributed by atoms with van der Waals surface area (Å²) in [5.74, 6) is 0.173. The Morgan fingerprint density at radius 2 is 2.13 bits per heavy atom. The molecule has 0 spiro atoms. The van der Waals surface area contributed by atoms with Crippen molar-refractivity contribution < 1.29 is 4.79 Å². The Morgan fingerprint density at radius 3 is 2.73 bits per heavy atom. The molecule has 1 aromatic carbocycles. The summed E-state index contributed by atoms with van der Waals surface area (Å²) >= 11 is 1.85. The lowest BCUT2D eigenvalue weighted by Gasteiger charge is -2.15. The minimum atomic E-state index is 0.173. The van der Waals surface area contributed by atoms with Crippen LogP contribution in [0.5, 0.6) is 0 Å². The van der Waals surface area contributed by atoms with Gasteiger partial charge in [-0.15, -0.1) is 0 Å². The van der Waals surface area contributed by atoms with Crippen LogP contribution in [-0.2, 0) is 0 Å². The summed E-state index contributed by atoms with van der Waals surface area (Å²) in [6.07, 6.45) is 3.24. The molecule has 80 valence electrons. The number of rotatable bonds is 2. The Hall–Kier alpha value is -0.960. The van der Waals surface area contributed by atoms with Crippen LogP contribution in [0.4, 0.5) is 0 Å². The largest absolute Gasteiger partial charge is 0.337 e. The third-order valence-corrected chi connectivity index (χ3v) is 3.84. The standard InChI is InChI=1S/C12H15NOS/c1-15-11-7-8-13(9-11)12(14)10-5-3-2-4-6-10/h2-6,11H,7-9H2,1H3/t11-/m1/s1. The first-order chi connectivity index (χ1) is 7.31. The van der Waals surface area contributed by atoms with Crippen LogP contribution in [0, 0.1) is 0 Å². The maximum absolute atomic E-state index is 12.0. The van der Waals surface area contributed by atoms with Crippen molar-refractivity contribution in [1.82, 2.24) is 4.90 Å². The lowest BCUT2D eigenvalue weighted by molar-refractivity contribution is 0.0793. The van der Waals surface area contributed by atoms with Crippen LogP contribution >= 0.6 is 11.8 Å². The highest BCUT2D eigenvalue weighted by molar-refractivity contribution is 7.99. The zero-order valence-electron chi connectivity index (χ0n) is 8.85. The van der Waals surface area contributed by atoms with Gasteiger partial charge in [-0.3, -0.25) is 4.79 Å². The zero-order valence-corrected chi connectivity index (χ0v) is 9.67. The minimum absolute atomic E-state index is 0.173. The summed E-state index contributed by atoms with van der Waals surface area (Å²) < 4.78 is 0. The molecule has 1 aromatic rings. The SMILES string of the molecule is CS[C@@H]1CCN(C(=O)c2ccccc2)C1. The first-order valence-electron chi connectivity index (χ1n) is 5.18. The van der Waals surface area contributed by atoms with Crippen LogP contribution in [0.15, 0.2) is 30.3 Å². The van der Waals surface area contributed by atoms with Gasteiger partial charge in [0.15, 0.2) is 0 Å². The summed E-state index contributed by atoms with van der Waals surface area (Å²) in [6, 6.07) is 9.53. The number of benzene rings is 1. The van der Waals surface area contributed by atoms with Crippen LogP contribution < -0.4 is 0 Å². The molecule has 1 fully saturated rings. The van der Waals surface area contributed by atoms with Crippen molar-refractivity contribution in [1.29, 1.82) is 0 Å². The summed E-state index contributed by atoms with van der Waals surface area (Å²) in [5, 5.41) is 0.623. The van der Waals surface area contributed by atoms with Crippen LogP contribution in [0.3, 0.4) is 0 Å². The van der Waals surface area contributed by atoms with Gasteiger partial charge < -0.3 is 4.90 Å². The second kappa shape index (κ2) is 4.71. The molecular weight excluding hydrogens is 206 g/mol. The molecule has 0 aliphatic carbocycles. The minimum Gasteiger partial charge on any atom is -0.337 e. The number of amides is 1. The normalized spacial score (nSPS) is 20.6. The van der Waals surface area contributed by atoms with Crippen molar-refractivity contribution in [2.24, 2.45) is 0 Å². The molecule has 0 unspecified atom stereocenters. The molecule has 1 amide bonds. The fourth-order valence-corrected chi connectivity index (χ4v) is 2.54. The summed E-state index contributed by atoms with van der Waals surface area (Å²) in [6.45, 7) is 1.80. The molecule has 1 atom stereocenters. The molecule has 1 aliphatic rings. The van der Waals surface area contributed by atoms with E-state index in [0.29, 0.717) is 5.25 Å². The van der Waals surface area contributed by atoms with E-state index in [1.54, 1.807) is 0 Å². The number of likely N-dealkylation sites (tertiary alicyclic amines) is 1. The average molecular weight is 221 g/mol. The number of carbonyl (C=O) groups excluding carboxylic acids is 1. The summed E-state index contributed by atoms with van der Waals surface area (Å²) in [5.41, 5.74) is 0.805. The van der Waals surface area contributed by atoms with Gasteiger partial charge in [0, 0.05) is 23.9 Å². The first-order valence-corrected chi connectivity index (χ1v) is 6.47. The predicted molar refractivity (Wildman–Crippen MR) is 64.3 cm³/mol. The highest BCUT2D eigenvalue weighted by Crippen LogP contribution is 2.21. The van der Waals surface area contributed by atoms with E-state index in [-0.39, 0.29) is 5.91 Å². The van der Waals surface area contributed by atoms with E-state index in [2.05, 4.69) is 6.26 Å². The second-order valence-corrected chi connectivity index (χ2v) is 4.90. The van der Waals surface area contributed by atoms with Gasteiger partial charge in [0.1, 0.15) is 0 Å². The van der Waals surface area contributed by atoms with E-state index in [0.717, 1.165) is 25.1 Å². The third kappa shape index (κ3) is 2.34. The molecule has 15 heavy (non-hydrogen) atoms. The number of hydrogen-bond donors (Lipinski definition) is 0. The van der Waals surface area contributed by atoms with E-state index in [1.165, 1.54) is 0 Å². The molecular formula is C12H15NOS. The number of carbonyl (C=O) groups is 1. The molecule has 1 saturated heterocycles. The van der Waals surface area contributed by atoms with Gasteiger partial charge in [-0.2, -0.15) is 11.8 Å². The van der Waals surface area contributed by atoms with E-state index in [1.807, 2.05) is 47.0 Å². The van der Waals surface area contributed by atoms with Crippen molar-refractivity contribution in [2.75, 3.05) is 19.3 Å². The van der Waals surface area contributed by atoms with Crippen molar-refractivity contribution in [2.45, 2.75) is 11.7 Å². The number of hydrogen-bond acceptors (Lipinski definition) is 2. The average Bonchev–Trinajstić information content (AvgIpc) is 2.78. The molecule has 2 nitrogen and oxygen atoms in total. The monoisotopic (exact) mass is 221 g/mol. The molecule has 1 aliphatic heterocycles. The van der Waals surface area contributed by atoms with Crippen LogP contribution in [0.2, 0.25) is 0 Å². The van der Waals surface area contributed by atoms with Gasteiger partial charge in [-0.1, -0.05) is 18.2 Å². The second-order valence-electron chi connectivity index (χ2n) is 3.76. The Labute approximate surface area is 94.7 Å². The highest BCUT2D eigenvalue weighted by Gasteiger charge is 2.25. The lowest BCUT2D eigenvalue weighted by atomic mass is 10.2. The molecule has 0 bridgehead atoms. The van der Waals surface area contributed by atoms with E-state index in [9.17, 15) is 4.79 Å². The molecule has 0 radical (unpaired) electrons. The molecule has 0 aromatic heterocycles. The maximum Gasteiger partial charge on any atom is 0.253 e. The van der Waals surface area contributed by atoms with Gasteiger partial charge in [0.2, 0.25) is 0 Å². The fourth-order valence-electron chi connectivity index (χ4n) is 1.87. The molecule has 0 N–H and O–H groups in total. The molecule has 0 saturated carbocycles. The van der Waals surface area contributed by atoms with Crippen molar-refractivity contribution in [3.8, 4) is 0 Å². The van der Waals surface area contributed by atoms with Gasteiger partial charge in [-0.05, 0) is 24.8 Å². The summed E-state index contributed by atoms with van der Waals surface area (Å²) in [7, 11) is 0. The third-order valence-electron chi connectivity index (χ3n) is 2.79. The van der Waals surface area contributed by atoms with Crippen LogP contribution in [-0.4, -0.2) is 35.4 Å². The van der Waals surface area contributed by atoms with Crippen molar-refractivity contribution in [3.05, 3.63) is 35.9 Å². The molecule has 1 heterocycles. The Kier molecular flexibility index (Phi) is 3.31. The predicted octanol–water partition coefficient (Wildman–Crippen LogP) is 2.26. The Balaban J connectivity index is 2.04. The summed E-state index contributed by atoms with van der Waals surface area (Å²) in [4.78, 5) is 14.0. The van der Waals surface area contributed by atoms with E-state index < -0.39 is 0 Å². The first kappa shape index (κ1) is 10.6. The smallest absolute Gasteiger partial charge is 0.253 e. The van der Waals surface area contributed by atoms with E-state index >= 15 is 0 Å². The fraction of sp³-hybridized carbons (Fsp3) is 0.417. The number of nitrogens with zero attached hydrogens (tertiary/aromatic N) is 1. The maximum atomic E-state index is 12.0. The molecule has 2 rings (SSSR count). The van der Waals surface area contributed by atoms with Gasteiger partial charge in [0.05, 0.1) is 0 Å². The zero-order chi connectivity index (χ0) is 10.7. The van der Waals surface area contributed by atoms with Gasteiger partial charge >= 0.3 is 0 Å². The molecule has 3 heteroatoms. The van der Waals surface area contributed by atoms with E-state index in [4.69, 9.17) is 0 Å². The van der Waals surface area contributed by atoms with Gasteiger partial charge in [0.25, 0.3) is 5.91 Å². The number of thioether (sulfide) groups is 1. The quantitative estimate of drug-likeness (QED) is 0.763. The Bertz CT molecular complexity index is 339. The Morgan fingerprint density at radius 1 is 1.40 bits per heavy atom. The van der Waals surface area contributed by atoms with Crippen LogP contribution in [0.25, 0.3) is 0 Å².